The first-order chi connectivity index (χ1) is 15.9. The molecule has 0 radical (unpaired) electrons. The van der Waals surface area contributed by atoms with Crippen LogP contribution in [0.25, 0.3) is 11.3 Å². The van der Waals surface area contributed by atoms with Crippen LogP contribution in [0.5, 0.6) is 5.75 Å². The minimum atomic E-state index is -1.14. The van der Waals surface area contributed by atoms with E-state index in [1.165, 1.54) is 16.8 Å². The predicted molar refractivity (Wildman–Crippen MR) is 120 cm³/mol. The summed E-state index contributed by atoms with van der Waals surface area (Å²) in [5.41, 5.74) is 6.21. The zero-order chi connectivity index (χ0) is 23.1. The molecule has 1 fully saturated rings. The molecule has 2 aromatic carbocycles. The van der Waals surface area contributed by atoms with Crippen molar-refractivity contribution in [2.45, 2.75) is 38.0 Å². The van der Waals surface area contributed by atoms with Crippen molar-refractivity contribution in [3.8, 4) is 17.0 Å². The lowest BCUT2D eigenvalue weighted by atomic mass is 10.1. The van der Waals surface area contributed by atoms with Gasteiger partial charge < -0.3 is 19.7 Å². The first-order valence-corrected chi connectivity index (χ1v) is 10.5. The summed E-state index contributed by atoms with van der Waals surface area (Å²) in [6.45, 7) is 2.10. The predicted octanol–water partition coefficient (Wildman–Crippen LogP) is 2.84. The second kappa shape index (κ2) is 8.47. The number of aliphatic hydroxyl groups excluding tert-OH is 2. The van der Waals surface area contributed by atoms with Crippen LogP contribution in [0.3, 0.4) is 0 Å². The number of nitrogens with one attached hydrogen (secondary N) is 1. The van der Waals surface area contributed by atoms with E-state index in [9.17, 15) is 14.6 Å². The number of aliphatic hydroxyl groups is 2. The van der Waals surface area contributed by atoms with Gasteiger partial charge in [-0.1, -0.05) is 0 Å². The molecule has 10 heteroatoms. The highest BCUT2D eigenvalue weighted by molar-refractivity contribution is 5.75. The van der Waals surface area contributed by atoms with Gasteiger partial charge in [0.05, 0.1) is 31.1 Å². The van der Waals surface area contributed by atoms with Crippen LogP contribution in [0.4, 0.5) is 15.9 Å². The third-order valence-electron chi connectivity index (χ3n) is 5.83. The minimum Gasteiger partial charge on any atom is -0.497 e. The fraction of sp³-hybridized carbons (Fsp3) is 0.304. The molecule has 3 heterocycles. The number of hydrazine groups is 1. The van der Waals surface area contributed by atoms with Crippen LogP contribution < -0.4 is 10.2 Å². The number of ether oxygens (including phenoxy) is 2. The lowest BCUT2D eigenvalue weighted by Crippen LogP contribution is -2.32. The summed E-state index contributed by atoms with van der Waals surface area (Å²) >= 11 is 0. The molecule has 2 aliphatic heterocycles. The maximum atomic E-state index is 13.3. The molecule has 0 unspecified atom stereocenters. The van der Waals surface area contributed by atoms with Crippen molar-refractivity contribution in [1.29, 1.82) is 0 Å². The molecule has 2 aliphatic rings. The van der Waals surface area contributed by atoms with Crippen molar-refractivity contribution < 1.29 is 24.1 Å². The number of anilines is 1. The molecular weight excluding hydrogens is 429 g/mol. The van der Waals surface area contributed by atoms with Gasteiger partial charge in [0.2, 0.25) is 0 Å². The highest BCUT2D eigenvalue weighted by atomic mass is 19.1. The summed E-state index contributed by atoms with van der Waals surface area (Å²) < 4.78 is 25.8. The van der Waals surface area contributed by atoms with Crippen LogP contribution >= 0.6 is 0 Å². The number of nitrogens with zero attached hydrogens (tertiary/aromatic N) is 4. The number of aliphatic imine (C=N–C) groups is 1. The van der Waals surface area contributed by atoms with Crippen LogP contribution in [-0.2, 0) is 11.3 Å². The van der Waals surface area contributed by atoms with Crippen molar-refractivity contribution in [2.75, 3.05) is 12.5 Å². The fourth-order valence-electron chi connectivity index (χ4n) is 4.02. The second-order valence-electron chi connectivity index (χ2n) is 8.03. The molecule has 0 aliphatic carbocycles. The van der Waals surface area contributed by atoms with Crippen LogP contribution in [0.15, 0.2) is 53.5 Å². The Balaban J connectivity index is 1.52. The summed E-state index contributed by atoms with van der Waals surface area (Å²) in [6, 6.07) is 13.5. The third-order valence-corrected chi connectivity index (χ3v) is 5.83. The number of rotatable bonds is 5. The summed E-state index contributed by atoms with van der Waals surface area (Å²) in [7, 11) is 1.60. The summed E-state index contributed by atoms with van der Waals surface area (Å²) in [5.74, 6) is 0.934. The number of halogens is 1. The Kier molecular flexibility index (Phi) is 5.49. The fourth-order valence-corrected chi connectivity index (χ4v) is 4.02. The van der Waals surface area contributed by atoms with E-state index in [2.05, 4.69) is 10.4 Å². The number of benzene rings is 2. The van der Waals surface area contributed by atoms with Crippen molar-refractivity contribution in [2.24, 2.45) is 4.99 Å². The van der Waals surface area contributed by atoms with Crippen LogP contribution in [0.1, 0.15) is 18.7 Å². The van der Waals surface area contributed by atoms with Gasteiger partial charge in [-0.2, -0.15) is 5.10 Å². The molecule has 1 aromatic heterocycles. The average molecular weight is 453 g/mol. The molecule has 1 saturated heterocycles. The zero-order valence-corrected chi connectivity index (χ0v) is 18.1. The van der Waals surface area contributed by atoms with Gasteiger partial charge in [-0.05, 0) is 55.5 Å². The SMILES string of the molecule is COc1ccc(-c2nn([C@@H]3O[C@H](C)[C@@H](O)[C@H]3O)c3c2CN(Nc2ccc(F)cc2)C=N3)cc1. The normalized spacial score (nSPS) is 24.1. The van der Waals surface area contributed by atoms with Crippen molar-refractivity contribution in [3.05, 3.63) is 59.9 Å². The minimum absolute atomic E-state index is 0.315. The van der Waals surface area contributed by atoms with Crippen molar-refractivity contribution >= 4 is 17.8 Å². The quantitative estimate of drug-likeness (QED) is 0.546. The highest BCUT2D eigenvalue weighted by Gasteiger charge is 2.43. The molecule has 4 atom stereocenters. The van der Waals surface area contributed by atoms with E-state index in [-0.39, 0.29) is 5.82 Å². The average Bonchev–Trinajstić information content (AvgIpc) is 3.33. The first kappa shape index (κ1) is 21.4. The molecule has 33 heavy (non-hydrogen) atoms. The Morgan fingerprint density at radius 2 is 1.82 bits per heavy atom. The molecule has 0 bridgehead atoms. The van der Waals surface area contributed by atoms with Crippen molar-refractivity contribution in [1.82, 2.24) is 14.8 Å². The topological polar surface area (TPSA) is 104 Å². The van der Waals surface area contributed by atoms with E-state index in [1.807, 2.05) is 24.3 Å². The zero-order valence-electron chi connectivity index (χ0n) is 18.1. The summed E-state index contributed by atoms with van der Waals surface area (Å²) in [4.78, 5) is 4.56. The largest absolute Gasteiger partial charge is 0.497 e. The molecule has 3 N–H and O–H groups in total. The van der Waals surface area contributed by atoms with Gasteiger partial charge in [0, 0.05) is 11.1 Å². The van der Waals surface area contributed by atoms with Gasteiger partial charge in [-0.15, -0.1) is 0 Å². The molecule has 0 spiro atoms. The Hall–Kier alpha value is -3.47. The Morgan fingerprint density at radius 3 is 2.45 bits per heavy atom. The number of methoxy groups -OCH3 is 1. The van der Waals surface area contributed by atoms with Gasteiger partial charge in [0.1, 0.15) is 30.1 Å². The number of aromatic nitrogens is 2. The molecule has 5 rings (SSSR count). The van der Waals surface area contributed by atoms with Crippen molar-refractivity contribution in [3.63, 3.8) is 0 Å². The van der Waals surface area contributed by atoms with Gasteiger partial charge in [0.15, 0.2) is 12.0 Å². The molecule has 3 aromatic rings. The van der Waals surface area contributed by atoms with E-state index in [0.717, 1.165) is 16.9 Å². The number of hydrogen-bond acceptors (Lipinski definition) is 8. The lowest BCUT2D eigenvalue weighted by Gasteiger charge is -2.25. The summed E-state index contributed by atoms with van der Waals surface area (Å²) in [6.07, 6.45) is -1.98. The molecule has 0 saturated carbocycles. The maximum absolute atomic E-state index is 13.3. The Bertz CT molecular complexity index is 1160. The highest BCUT2D eigenvalue weighted by Crippen LogP contribution is 2.39. The van der Waals surface area contributed by atoms with Gasteiger partial charge in [-0.3, -0.25) is 10.4 Å². The third kappa shape index (κ3) is 3.92. The molecule has 172 valence electrons. The van der Waals surface area contributed by atoms with E-state index >= 15 is 0 Å². The van der Waals surface area contributed by atoms with Gasteiger partial charge in [0.25, 0.3) is 0 Å². The standard InChI is InChI=1S/C23H24FN5O4/c1-13-20(30)21(31)23(33-13)29-22-18(19(27-29)14-3-9-17(32-2)10-4-14)11-28(12-25-22)26-16-7-5-15(24)6-8-16/h3-10,12-13,20-21,23,26,30-31H,11H2,1-2H3/t13-,20-,21-,23-/m1/s1. The number of hydrogen-bond donors (Lipinski definition) is 3. The second-order valence-corrected chi connectivity index (χ2v) is 8.03. The molecular formula is C23H24FN5O4. The van der Waals surface area contributed by atoms with Crippen LogP contribution in [0.2, 0.25) is 0 Å². The van der Waals surface area contributed by atoms with E-state index in [0.29, 0.717) is 23.7 Å². The Labute approximate surface area is 189 Å². The van der Waals surface area contributed by atoms with Gasteiger partial charge >= 0.3 is 0 Å². The van der Waals surface area contributed by atoms with E-state index in [4.69, 9.17) is 14.6 Å². The van der Waals surface area contributed by atoms with Gasteiger partial charge in [-0.25, -0.2) is 14.1 Å². The Morgan fingerprint density at radius 1 is 1.09 bits per heavy atom. The smallest absolute Gasteiger partial charge is 0.181 e. The van der Waals surface area contributed by atoms with E-state index < -0.39 is 24.5 Å². The monoisotopic (exact) mass is 453 g/mol. The van der Waals surface area contributed by atoms with E-state index in [1.54, 1.807) is 37.5 Å². The summed E-state index contributed by atoms with van der Waals surface area (Å²) in [5, 5.41) is 27.2. The molecule has 9 nitrogen and oxygen atoms in total. The molecule has 0 amide bonds. The lowest BCUT2D eigenvalue weighted by molar-refractivity contribution is -0.0384. The maximum Gasteiger partial charge on any atom is 0.181 e. The van der Waals surface area contributed by atoms with Crippen LogP contribution in [0, 0.1) is 5.82 Å². The number of fused-ring (bicyclic) bond motifs is 1. The van der Waals surface area contributed by atoms with Crippen LogP contribution in [-0.4, -0.2) is 56.8 Å². The first-order valence-electron chi connectivity index (χ1n) is 10.5.